The third kappa shape index (κ3) is 10.6. The molecule has 26 heavy (non-hydrogen) atoms. The van der Waals surface area contributed by atoms with E-state index in [0.29, 0.717) is 25.8 Å². The average molecular weight is 373 g/mol. The molecular formula is C16H31N5O5. The second-order valence-corrected chi connectivity index (χ2v) is 6.41. The predicted molar refractivity (Wildman–Crippen MR) is 95.9 cm³/mol. The van der Waals surface area contributed by atoms with Crippen molar-refractivity contribution in [3.63, 3.8) is 0 Å². The summed E-state index contributed by atoms with van der Waals surface area (Å²) in [5.74, 6) is -2.62. The molecule has 0 fully saturated rings. The maximum atomic E-state index is 12.2. The number of hydrogen-bond acceptors (Lipinski definition) is 6. The van der Waals surface area contributed by atoms with Gasteiger partial charge < -0.3 is 32.5 Å². The largest absolute Gasteiger partial charge is 0.480 e. The van der Waals surface area contributed by atoms with Crippen LogP contribution >= 0.6 is 0 Å². The molecule has 2 atom stereocenters. The van der Waals surface area contributed by atoms with Crippen LogP contribution < -0.4 is 27.4 Å². The zero-order chi connectivity index (χ0) is 20.1. The van der Waals surface area contributed by atoms with Gasteiger partial charge in [-0.05, 0) is 38.1 Å². The van der Waals surface area contributed by atoms with Crippen molar-refractivity contribution in [3.05, 3.63) is 0 Å². The molecular weight excluding hydrogens is 342 g/mol. The van der Waals surface area contributed by atoms with Gasteiger partial charge in [-0.1, -0.05) is 13.8 Å². The summed E-state index contributed by atoms with van der Waals surface area (Å²) in [6.45, 7) is 3.60. The van der Waals surface area contributed by atoms with Gasteiger partial charge in [0.05, 0.1) is 13.1 Å². The van der Waals surface area contributed by atoms with Crippen LogP contribution in [0.25, 0.3) is 0 Å². The second kappa shape index (κ2) is 13.1. The number of carboxylic acids is 1. The quantitative estimate of drug-likeness (QED) is 0.208. The Morgan fingerprint density at radius 2 is 1.58 bits per heavy atom. The first kappa shape index (κ1) is 23.8. The van der Waals surface area contributed by atoms with Crippen molar-refractivity contribution in [3.8, 4) is 0 Å². The Morgan fingerprint density at radius 1 is 0.962 bits per heavy atom. The molecule has 0 aromatic carbocycles. The van der Waals surface area contributed by atoms with Crippen LogP contribution in [0.15, 0.2) is 0 Å². The summed E-state index contributed by atoms with van der Waals surface area (Å²) in [5.41, 5.74) is 10.6. The molecule has 0 rings (SSSR count). The number of nitrogens with two attached hydrogens (primary N) is 2. The predicted octanol–water partition coefficient (Wildman–Crippen LogP) is -1.71. The van der Waals surface area contributed by atoms with Gasteiger partial charge in [-0.3, -0.25) is 14.4 Å². The van der Waals surface area contributed by atoms with Crippen LogP contribution in [0.1, 0.15) is 39.5 Å². The normalized spacial score (nSPS) is 13.0. The highest BCUT2D eigenvalue weighted by atomic mass is 16.4. The van der Waals surface area contributed by atoms with Gasteiger partial charge in [-0.15, -0.1) is 0 Å². The molecule has 10 heteroatoms. The number of aliphatic carboxylic acids is 1. The fourth-order valence-electron chi connectivity index (χ4n) is 2.24. The fourth-order valence-corrected chi connectivity index (χ4v) is 2.24. The van der Waals surface area contributed by atoms with E-state index in [1.165, 1.54) is 0 Å². The van der Waals surface area contributed by atoms with E-state index in [1.807, 2.05) is 13.8 Å². The number of carbonyl (C=O) groups is 4. The van der Waals surface area contributed by atoms with Gasteiger partial charge in [0.2, 0.25) is 17.7 Å². The van der Waals surface area contributed by atoms with Crippen LogP contribution in [0.4, 0.5) is 0 Å². The molecule has 0 radical (unpaired) electrons. The molecule has 0 aliphatic carbocycles. The number of carbonyl (C=O) groups excluding carboxylic acids is 3. The van der Waals surface area contributed by atoms with Crippen LogP contribution in [-0.2, 0) is 19.2 Å². The van der Waals surface area contributed by atoms with Crippen molar-refractivity contribution in [1.29, 1.82) is 0 Å². The Morgan fingerprint density at radius 3 is 2.08 bits per heavy atom. The maximum Gasteiger partial charge on any atom is 0.326 e. The lowest BCUT2D eigenvalue weighted by Crippen LogP contribution is -2.52. The van der Waals surface area contributed by atoms with Crippen molar-refractivity contribution < 1.29 is 24.3 Å². The summed E-state index contributed by atoms with van der Waals surface area (Å²) in [7, 11) is 0. The van der Waals surface area contributed by atoms with E-state index < -0.39 is 35.8 Å². The molecule has 0 saturated carbocycles. The molecule has 10 nitrogen and oxygen atoms in total. The molecule has 0 unspecified atom stereocenters. The van der Waals surface area contributed by atoms with Crippen LogP contribution in [0.2, 0.25) is 0 Å². The topological polar surface area (TPSA) is 177 Å². The van der Waals surface area contributed by atoms with E-state index in [0.717, 1.165) is 0 Å². The van der Waals surface area contributed by atoms with E-state index in [4.69, 9.17) is 16.6 Å². The van der Waals surface area contributed by atoms with E-state index >= 15 is 0 Å². The minimum atomic E-state index is -1.14. The standard InChI is InChI=1S/C16H31N5O5/c1-10(2)7-12(21-13(22)8-18)15(24)19-9-14(23)20-11(16(25)26)5-3-4-6-17/h10-12H,3-9,17-18H2,1-2H3,(H,19,24)(H,20,23)(H,21,22)(H,25,26)/t11-,12-/m0/s1. The van der Waals surface area contributed by atoms with Gasteiger partial charge in [0.25, 0.3) is 0 Å². The summed E-state index contributed by atoms with van der Waals surface area (Å²) in [4.78, 5) is 46.7. The van der Waals surface area contributed by atoms with Crippen molar-refractivity contribution >= 4 is 23.7 Å². The summed E-state index contributed by atoms with van der Waals surface area (Å²) in [5, 5.41) is 16.4. The lowest BCUT2D eigenvalue weighted by atomic mass is 10.0. The molecule has 8 N–H and O–H groups in total. The lowest BCUT2D eigenvalue weighted by Gasteiger charge is -2.20. The Hall–Kier alpha value is -2.20. The van der Waals surface area contributed by atoms with Crippen LogP contribution in [-0.4, -0.2) is 60.5 Å². The number of carboxylic acid groups (broad SMARTS) is 1. The van der Waals surface area contributed by atoms with Gasteiger partial charge in [0.15, 0.2) is 0 Å². The summed E-state index contributed by atoms with van der Waals surface area (Å²) in [6.07, 6.45) is 1.88. The molecule has 0 heterocycles. The molecule has 0 aliphatic rings. The van der Waals surface area contributed by atoms with Crippen molar-refractivity contribution in [2.45, 2.75) is 51.6 Å². The van der Waals surface area contributed by atoms with E-state index in [2.05, 4.69) is 16.0 Å². The third-order valence-corrected chi connectivity index (χ3v) is 3.55. The molecule has 0 aromatic heterocycles. The highest BCUT2D eigenvalue weighted by Crippen LogP contribution is 2.05. The Labute approximate surface area is 153 Å². The minimum Gasteiger partial charge on any atom is -0.480 e. The minimum absolute atomic E-state index is 0.136. The first-order valence-corrected chi connectivity index (χ1v) is 8.70. The Balaban J connectivity index is 4.55. The zero-order valence-corrected chi connectivity index (χ0v) is 15.4. The van der Waals surface area contributed by atoms with Gasteiger partial charge in [0, 0.05) is 0 Å². The number of rotatable bonds is 13. The van der Waals surface area contributed by atoms with Gasteiger partial charge in [-0.2, -0.15) is 0 Å². The first-order chi connectivity index (χ1) is 12.2. The monoisotopic (exact) mass is 373 g/mol. The zero-order valence-electron chi connectivity index (χ0n) is 15.4. The van der Waals surface area contributed by atoms with Crippen LogP contribution in [0.5, 0.6) is 0 Å². The third-order valence-electron chi connectivity index (χ3n) is 3.55. The molecule has 0 saturated heterocycles. The van der Waals surface area contributed by atoms with E-state index in [9.17, 15) is 19.2 Å². The van der Waals surface area contributed by atoms with Gasteiger partial charge >= 0.3 is 5.97 Å². The number of amides is 3. The summed E-state index contributed by atoms with van der Waals surface area (Å²) < 4.78 is 0. The number of nitrogens with one attached hydrogen (secondary N) is 3. The first-order valence-electron chi connectivity index (χ1n) is 8.70. The van der Waals surface area contributed by atoms with E-state index in [-0.39, 0.29) is 25.4 Å². The number of unbranched alkanes of at least 4 members (excludes halogenated alkanes) is 1. The fraction of sp³-hybridized carbons (Fsp3) is 0.750. The molecule has 3 amide bonds. The molecule has 0 bridgehead atoms. The molecule has 0 spiro atoms. The van der Waals surface area contributed by atoms with Crippen molar-refractivity contribution in [1.82, 2.24) is 16.0 Å². The van der Waals surface area contributed by atoms with Crippen LogP contribution in [0, 0.1) is 5.92 Å². The van der Waals surface area contributed by atoms with Gasteiger partial charge in [-0.25, -0.2) is 4.79 Å². The second-order valence-electron chi connectivity index (χ2n) is 6.41. The van der Waals surface area contributed by atoms with E-state index in [1.54, 1.807) is 0 Å². The van der Waals surface area contributed by atoms with Gasteiger partial charge in [0.1, 0.15) is 12.1 Å². The average Bonchev–Trinajstić information content (AvgIpc) is 2.57. The Bertz CT molecular complexity index is 484. The highest BCUT2D eigenvalue weighted by molar-refractivity contribution is 5.91. The highest BCUT2D eigenvalue weighted by Gasteiger charge is 2.23. The molecule has 0 aromatic rings. The summed E-state index contributed by atoms with van der Waals surface area (Å²) >= 11 is 0. The Kier molecular flexibility index (Phi) is 12.0. The smallest absolute Gasteiger partial charge is 0.326 e. The van der Waals surface area contributed by atoms with Crippen LogP contribution in [0.3, 0.4) is 0 Å². The van der Waals surface area contributed by atoms with Crippen molar-refractivity contribution in [2.24, 2.45) is 17.4 Å². The molecule has 150 valence electrons. The van der Waals surface area contributed by atoms with Crippen molar-refractivity contribution in [2.75, 3.05) is 19.6 Å². The summed E-state index contributed by atoms with van der Waals surface area (Å²) in [6, 6.07) is -1.84. The molecule has 0 aliphatic heterocycles. The maximum absolute atomic E-state index is 12.2. The lowest BCUT2D eigenvalue weighted by molar-refractivity contribution is -0.142. The number of hydrogen-bond donors (Lipinski definition) is 6. The SMILES string of the molecule is CC(C)C[C@H](NC(=O)CN)C(=O)NCC(=O)N[C@@H](CCCCN)C(=O)O.